The van der Waals surface area contributed by atoms with Crippen LogP contribution < -0.4 is 10.2 Å². The van der Waals surface area contributed by atoms with Gasteiger partial charge in [-0.1, -0.05) is 12.1 Å². The number of fused-ring (bicyclic) bond motifs is 1. The van der Waals surface area contributed by atoms with Gasteiger partial charge in [0.1, 0.15) is 11.3 Å². The number of oxazole rings is 1. The molecule has 5 nitrogen and oxygen atoms in total. The summed E-state index contributed by atoms with van der Waals surface area (Å²) in [4.78, 5) is 4.27. The molecule has 1 heterocycles. The zero-order valence-electron chi connectivity index (χ0n) is 11.6. The van der Waals surface area contributed by atoms with Crippen LogP contribution in [0.1, 0.15) is 12.5 Å². The van der Waals surface area contributed by atoms with Crippen molar-refractivity contribution < 1.29 is 9.15 Å². The monoisotopic (exact) mass is 281 g/mol. The van der Waals surface area contributed by atoms with E-state index in [1.807, 2.05) is 55.5 Å². The quantitative estimate of drug-likeness (QED) is 0.572. The summed E-state index contributed by atoms with van der Waals surface area (Å²) < 4.78 is 10.9. The Balaban J connectivity index is 1.66. The lowest BCUT2D eigenvalue weighted by atomic mass is 10.2. The fraction of sp³-hybridized carbons (Fsp3) is 0.125. The van der Waals surface area contributed by atoms with Crippen molar-refractivity contribution in [3.05, 3.63) is 54.1 Å². The van der Waals surface area contributed by atoms with Crippen molar-refractivity contribution in [2.24, 2.45) is 5.10 Å². The normalized spacial score (nSPS) is 11.1. The number of anilines is 1. The minimum atomic E-state index is 0.374. The summed E-state index contributed by atoms with van der Waals surface area (Å²) in [5, 5.41) is 4.11. The van der Waals surface area contributed by atoms with Gasteiger partial charge in [-0.15, -0.1) is 0 Å². The predicted octanol–water partition coefficient (Wildman–Crippen LogP) is 3.67. The van der Waals surface area contributed by atoms with Gasteiger partial charge in [0.25, 0.3) is 0 Å². The number of benzene rings is 2. The fourth-order valence-electron chi connectivity index (χ4n) is 1.90. The molecule has 106 valence electrons. The van der Waals surface area contributed by atoms with Crippen LogP contribution in [-0.2, 0) is 0 Å². The van der Waals surface area contributed by atoms with E-state index in [2.05, 4.69) is 15.5 Å². The summed E-state index contributed by atoms with van der Waals surface area (Å²) in [6.07, 6.45) is 1.70. The van der Waals surface area contributed by atoms with Gasteiger partial charge in [0, 0.05) is 0 Å². The van der Waals surface area contributed by atoms with Crippen LogP contribution in [0.3, 0.4) is 0 Å². The van der Waals surface area contributed by atoms with E-state index in [-0.39, 0.29) is 0 Å². The third-order valence-electron chi connectivity index (χ3n) is 2.86. The number of nitrogens with one attached hydrogen (secondary N) is 1. The van der Waals surface area contributed by atoms with Crippen molar-refractivity contribution >= 4 is 23.3 Å². The van der Waals surface area contributed by atoms with E-state index < -0.39 is 0 Å². The Hall–Kier alpha value is -2.82. The van der Waals surface area contributed by atoms with Crippen LogP contribution in [0.4, 0.5) is 6.01 Å². The second-order valence-corrected chi connectivity index (χ2v) is 4.36. The van der Waals surface area contributed by atoms with Gasteiger partial charge in [0.05, 0.1) is 12.8 Å². The molecule has 0 fully saturated rings. The predicted molar refractivity (Wildman–Crippen MR) is 82.8 cm³/mol. The summed E-state index contributed by atoms with van der Waals surface area (Å²) in [5.74, 6) is 0.849. The van der Waals surface area contributed by atoms with Crippen molar-refractivity contribution in [1.29, 1.82) is 0 Å². The second-order valence-electron chi connectivity index (χ2n) is 4.36. The molecule has 0 saturated heterocycles. The largest absolute Gasteiger partial charge is 0.494 e. The van der Waals surface area contributed by atoms with Gasteiger partial charge in [-0.05, 0) is 48.9 Å². The van der Waals surface area contributed by atoms with Crippen molar-refractivity contribution in [1.82, 2.24) is 4.98 Å². The Bertz CT molecular complexity index is 715. The molecule has 0 aliphatic rings. The van der Waals surface area contributed by atoms with E-state index in [1.165, 1.54) is 0 Å². The summed E-state index contributed by atoms with van der Waals surface area (Å²) in [6.45, 7) is 2.62. The molecule has 5 heteroatoms. The molecule has 1 aromatic heterocycles. The van der Waals surface area contributed by atoms with Gasteiger partial charge in [0.15, 0.2) is 5.58 Å². The summed E-state index contributed by atoms with van der Waals surface area (Å²) in [6, 6.07) is 15.6. The van der Waals surface area contributed by atoms with Crippen molar-refractivity contribution in [2.45, 2.75) is 6.92 Å². The minimum Gasteiger partial charge on any atom is -0.494 e. The van der Waals surface area contributed by atoms with E-state index in [0.717, 1.165) is 22.4 Å². The van der Waals surface area contributed by atoms with Gasteiger partial charge in [-0.2, -0.15) is 10.1 Å². The first kappa shape index (κ1) is 13.2. The highest BCUT2D eigenvalue weighted by atomic mass is 16.5. The van der Waals surface area contributed by atoms with Gasteiger partial charge in [-0.25, -0.2) is 5.43 Å². The maximum absolute atomic E-state index is 5.50. The molecule has 0 aliphatic heterocycles. The molecule has 2 aromatic carbocycles. The third kappa shape index (κ3) is 3.20. The first-order valence-electron chi connectivity index (χ1n) is 6.72. The van der Waals surface area contributed by atoms with Crippen molar-refractivity contribution in [3.8, 4) is 5.75 Å². The van der Waals surface area contributed by atoms with Gasteiger partial charge < -0.3 is 9.15 Å². The Morgan fingerprint density at radius 2 is 2.00 bits per heavy atom. The van der Waals surface area contributed by atoms with E-state index >= 15 is 0 Å². The van der Waals surface area contributed by atoms with Crippen LogP contribution in [0.15, 0.2) is 58.0 Å². The Kier molecular flexibility index (Phi) is 3.82. The standard InChI is InChI=1S/C16H15N3O2/c1-2-20-13-9-7-12(8-10-13)11-17-19-16-18-14-5-3-4-6-15(14)21-16/h3-11H,2H2,1H3,(H,18,19). The highest BCUT2D eigenvalue weighted by Crippen LogP contribution is 2.17. The number of hydrogen-bond acceptors (Lipinski definition) is 5. The van der Waals surface area contributed by atoms with E-state index in [4.69, 9.17) is 9.15 Å². The number of rotatable bonds is 5. The molecule has 3 aromatic rings. The lowest BCUT2D eigenvalue weighted by Gasteiger charge is -2.01. The molecule has 0 radical (unpaired) electrons. The Labute approximate surface area is 122 Å². The van der Waals surface area contributed by atoms with Crippen LogP contribution in [-0.4, -0.2) is 17.8 Å². The summed E-state index contributed by atoms with van der Waals surface area (Å²) in [5.41, 5.74) is 5.28. The van der Waals surface area contributed by atoms with Gasteiger partial charge in [-0.3, -0.25) is 0 Å². The van der Waals surface area contributed by atoms with Crippen LogP contribution in [0.25, 0.3) is 11.1 Å². The molecule has 0 atom stereocenters. The zero-order valence-corrected chi connectivity index (χ0v) is 11.6. The van der Waals surface area contributed by atoms with Crippen molar-refractivity contribution in [2.75, 3.05) is 12.0 Å². The lowest BCUT2D eigenvalue weighted by molar-refractivity contribution is 0.340. The van der Waals surface area contributed by atoms with Crippen LogP contribution in [0.5, 0.6) is 5.75 Å². The minimum absolute atomic E-state index is 0.374. The molecule has 0 amide bonds. The van der Waals surface area contributed by atoms with E-state index in [0.29, 0.717) is 12.6 Å². The van der Waals surface area contributed by atoms with Crippen molar-refractivity contribution in [3.63, 3.8) is 0 Å². The second kappa shape index (κ2) is 6.09. The maximum atomic E-state index is 5.50. The molecule has 21 heavy (non-hydrogen) atoms. The molecule has 1 N–H and O–H groups in total. The molecule has 0 bridgehead atoms. The third-order valence-corrected chi connectivity index (χ3v) is 2.86. The molecule has 3 rings (SSSR count). The molecular weight excluding hydrogens is 266 g/mol. The SMILES string of the molecule is CCOc1ccc(C=NNc2nc3ccccc3o2)cc1. The Morgan fingerprint density at radius 3 is 2.76 bits per heavy atom. The topological polar surface area (TPSA) is 59.6 Å². The van der Waals surface area contributed by atoms with Crippen LogP contribution >= 0.6 is 0 Å². The maximum Gasteiger partial charge on any atom is 0.316 e. The lowest BCUT2D eigenvalue weighted by Crippen LogP contribution is -1.92. The molecule has 0 unspecified atom stereocenters. The first-order chi connectivity index (χ1) is 10.3. The Morgan fingerprint density at radius 1 is 1.19 bits per heavy atom. The number of nitrogens with zero attached hydrogens (tertiary/aromatic N) is 2. The molecule has 0 spiro atoms. The average molecular weight is 281 g/mol. The zero-order chi connectivity index (χ0) is 14.5. The fourth-order valence-corrected chi connectivity index (χ4v) is 1.90. The summed E-state index contributed by atoms with van der Waals surface area (Å²) in [7, 11) is 0. The molecular formula is C16H15N3O2. The first-order valence-corrected chi connectivity index (χ1v) is 6.72. The van der Waals surface area contributed by atoms with E-state index in [1.54, 1.807) is 6.21 Å². The number of hydrogen-bond donors (Lipinski definition) is 1. The van der Waals surface area contributed by atoms with E-state index in [9.17, 15) is 0 Å². The molecule has 0 saturated carbocycles. The summed E-state index contributed by atoms with van der Waals surface area (Å²) >= 11 is 0. The van der Waals surface area contributed by atoms with Crippen LogP contribution in [0.2, 0.25) is 0 Å². The average Bonchev–Trinajstić information content (AvgIpc) is 2.92. The smallest absolute Gasteiger partial charge is 0.316 e. The van der Waals surface area contributed by atoms with Gasteiger partial charge in [0.2, 0.25) is 0 Å². The number of para-hydroxylation sites is 2. The van der Waals surface area contributed by atoms with Crippen LogP contribution in [0, 0.1) is 0 Å². The number of hydrazone groups is 1. The number of aromatic nitrogens is 1. The highest BCUT2D eigenvalue weighted by molar-refractivity contribution is 5.80. The highest BCUT2D eigenvalue weighted by Gasteiger charge is 2.02. The van der Waals surface area contributed by atoms with Gasteiger partial charge >= 0.3 is 6.01 Å². The number of ether oxygens (including phenoxy) is 1. The molecule has 0 aliphatic carbocycles.